The van der Waals surface area contributed by atoms with Gasteiger partial charge in [-0.15, -0.1) is 0 Å². The van der Waals surface area contributed by atoms with E-state index in [1.807, 2.05) is 18.2 Å². The minimum atomic E-state index is -0.359. The molecule has 136 valence electrons. The van der Waals surface area contributed by atoms with Crippen molar-refractivity contribution in [2.24, 2.45) is 0 Å². The molecule has 0 bridgehead atoms. The molecule has 2 aliphatic heterocycles. The molecule has 0 aliphatic carbocycles. The molecule has 0 atom stereocenters. The van der Waals surface area contributed by atoms with Gasteiger partial charge >= 0.3 is 0 Å². The number of hydrogen-bond donors (Lipinski definition) is 1. The van der Waals surface area contributed by atoms with E-state index >= 15 is 0 Å². The summed E-state index contributed by atoms with van der Waals surface area (Å²) >= 11 is 0. The lowest BCUT2D eigenvalue weighted by atomic mass is 9.74. The molecule has 0 unspecified atom stereocenters. The first-order valence-electron chi connectivity index (χ1n) is 8.68. The SMILES string of the molecule is O=C(NCC1(c2ccc3c(c2)OCO3)CCOCC1)c1ccc(F)cc1. The van der Waals surface area contributed by atoms with Crippen molar-refractivity contribution < 1.29 is 23.4 Å². The van der Waals surface area contributed by atoms with E-state index in [4.69, 9.17) is 14.2 Å². The van der Waals surface area contributed by atoms with E-state index in [1.165, 1.54) is 24.3 Å². The lowest BCUT2D eigenvalue weighted by Crippen LogP contribution is -2.44. The van der Waals surface area contributed by atoms with Crippen LogP contribution in [0.3, 0.4) is 0 Å². The lowest BCUT2D eigenvalue weighted by Gasteiger charge is -2.38. The number of hydrogen-bond acceptors (Lipinski definition) is 4. The number of nitrogens with one attached hydrogen (secondary N) is 1. The van der Waals surface area contributed by atoms with Crippen molar-refractivity contribution in [1.82, 2.24) is 5.32 Å². The standard InChI is InChI=1S/C20H20FNO4/c21-16-4-1-14(2-5-16)19(23)22-12-20(7-9-24-10-8-20)15-3-6-17-18(11-15)26-13-25-17/h1-6,11H,7-10,12-13H2,(H,22,23). The minimum Gasteiger partial charge on any atom is -0.454 e. The molecular formula is C20H20FNO4. The fourth-order valence-electron chi connectivity index (χ4n) is 3.51. The predicted octanol–water partition coefficient (Wildman–Crippen LogP) is 3.03. The van der Waals surface area contributed by atoms with Crippen molar-refractivity contribution in [2.75, 3.05) is 26.6 Å². The van der Waals surface area contributed by atoms with Crippen LogP contribution >= 0.6 is 0 Å². The predicted molar refractivity (Wildman–Crippen MR) is 93.0 cm³/mol. The summed E-state index contributed by atoms with van der Waals surface area (Å²) in [7, 11) is 0. The molecule has 2 aromatic carbocycles. The minimum absolute atomic E-state index is 0.211. The molecule has 6 heteroatoms. The quantitative estimate of drug-likeness (QED) is 0.914. The van der Waals surface area contributed by atoms with Crippen LogP contribution in [0.1, 0.15) is 28.8 Å². The van der Waals surface area contributed by atoms with Crippen molar-refractivity contribution in [3.63, 3.8) is 0 Å². The van der Waals surface area contributed by atoms with E-state index in [1.54, 1.807) is 0 Å². The molecule has 2 aromatic rings. The smallest absolute Gasteiger partial charge is 0.251 e. The summed E-state index contributed by atoms with van der Waals surface area (Å²) in [5.74, 6) is 0.906. The molecule has 1 amide bonds. The Kier molecular flexibility index (Phi) is 4.51. The highest BCUT2D eigenvalue weighted by Crippen LogP contribution is 2.40. The van der Waals surface area contributed by atoms with Gasteiger partial charge in [-0.3, -0.25) is 4.79 Å². The number of fused-ring (bicyclic) bond motifs is 1. The Balaban J connectivity index is 1.55. The molecule has 1 fully saturated rings. The molecule has 0 aromatic heterocycles. The Morgan fingerprint density at radius 1 is 1.04 bits per heavy atom. The number of halogens is 1. The Labute approximate surface area is 151 Å². The van der Waals surface area contributed by atoms with Crippen LogP contribution in [0, 0.1) is 5.82 Å². The average Bonchev–Trinajstić information content (AvgIpc) is 3.15. The summed E-state index contributed by atoms with van der Waals surface area (Å²) in [6, 6.07) is 11.5. The van der Waals surface area contributed by atoms with Gasteiger partial charge in [-0.25, -0.2) is 4.39 Å². The van der Waals surface area contributed by atoms with Gasteiger partial charge in [-0.05, 0) is 54.8 Å². The molecule has 0 saturated carbocycles. The van der Waals surface area contributed by atoms with E-state index in [-0.39, 0.29) is 23.9 Å². The van der Waals surface area contributed by atoms with Crippen molar-refractivity contribution in [3.8, 4) is 11.5 Å². The van der Waals surface area contributed by atoms with Gasteiger partial charge in [0.05, 0.1) is 0 Å². The monoisotopic (exact) mass is 357 g/mol. The highest BCUT2D eigenvalue weighted by molar-refractivity contribution is 5.94. The van der Waals surface area contributed by atoms with E-state index in [0.717, 1.165) is 29.9 Å². The maximum absolute atomic E-state index is 13.1. The first-order valence-corrected chi connectivity index (χ1v) is 8.68. The maximum atomic E-state index is 13.1. The molecule has 4 rings (SSSR count). The van der Waals surface area contributed by atoms with Crippen molar-refractivity contribution in [1.29, 1.82) is 0 Å². The molecule has 1 N–H and O–H groups in total. The van der Waals surface area contributed by atoms with Gasteiger partial charge in [0.2, 0.25) is 6.79 Å². The topological polar surface area (TPSA) is 56.8 Å². The van der Waals surface area contributed by atoms with Crippen LogP contribution in [-0.4, -0.2) is 32.5 Å². The molecule has 26 heavy (non-hydrogen) atoms. The van der Waals surface area contributed by atoms with Crippen LogP contribution in [0.25, 0.3) is 0 Å². The van der Waals surface area contributed by atoms with E-state index in [9.17, 15) is 9.18 Å². The maximum Gasteiger partial charge on any atom is 0.251 e. The number of benzene rings is 2. The molecule has 0 spiro atoms. The highest BCUT2D eigenvalue weighted by atomic mass is 19.1. The third-order valence-corrected chi connectivity index (χ3v) is 5.13. The zero-order valence-corrected chi connectivity index (χ0v) is 14.3. The second kappa shape index (κ2) is 6.96. The number of carbonyl (C=O) groups is 1. The number of rotatable bonds is 4. The Hall–Kier alpha value is -2.60. The van der Waals surface area contributed by atoms with Crippen molar-refractivity contribution in [3.05, 3.63) is 59.4 Å². The van der Waals surface area contributed by atoms with Gasteiger partial charge in [-0.2, -0.15) is 0 Å². The first kappa shape index (κ1) is 16.8. The van der Waals surface area contributed by atoms with Gasteiger partial charge in [0.15, 0.2) is 11.5 Å². The third-order valence-electron chi connectivity index (χ3n) is 5.13. The second-order valence-electron chi connectivity index (χ2n) is 6.65. The van der Waals surface area contributed by atoms with Crippen LogP contribution in [0.4, 0.5) is 4.39 Å². The number of amides is 1. The number of carbonyl (C=O) groups excluding carboxylic acids is 1. The van der Waals surface area contributed by atoms with Crippen LogP contribution in [0.15, 0.2) is 42.5 Å². The summed E-state index contributed by atoms with van der Waals surface area (Å²) in [4.78, 5) is 12.4. The van der Waals surface area contributed by atoms with Crippen molar-refractivity contribution >= 4 is 5.91 Å². The van der Waals surface area contributed by atoms with E-state index in [2.05, 4.69) is 5.32 Å². The fraction of sp³-hybridized carbons (Fsp3) is 0.350. The normalized spacial score (nSPS) is 17.7. The van der Waals surface area contributed by atoms with Crippen molar-refractivity contribution in [2.45, 2.75) is 18.3 Å². The van der Waals surface area contributed by atoms with Gasteiger partial charge in [0.25, 0.3) is 5.91 Å². The zero-order valence-electron chi connectivity index (χ0n) is 14.3. The summed E-state index contributed by atoms with van der Waals surface area (Å²) in [6.45, 7) is 1.99. The summed E-state index contributed by atoms with van der Waals surface area (Å²) in [5, 5.41) is 3.01. The van der Waals surface area contributed by atoms with Gasteiger partial charge in [0, 0.05) is 30.7 Å². The fourth-order valence-corrected chi connectivity index (χ4v) is 3.51. The Bertz CT molecular complexity index is 800. The molecule has 1 saturated heterocycles. The van der Waals surface area contributed by atoms with E-state index in [0.29, 0.717) is 25.3 Å². The summed E-state index contributed by atoms with van der Waals surface area (Å²) in [5.41, 5.74) is 1.32. The van der Waals surface area contributed by atoms with Gasteiger partial charge in [-0.1, -0.05) is 6.07 Å². The summed E-state index contributed by atoms with van der Waals surface area (Å²) in [6.07, 6.45) is 1.60. The van der Waals surface area contributed by atoms with Crippen LogP contribution < -0.4 is 14.8 Å². The average molecular weight is 357 g/mol. The third kappa shape index (κ3) is 3.24. The zero-order chi connectivity index (χ0) is 18.0. The molecule has 0 radical (unpaired) electrons. The van der Waals surface area contributed by atoms with Crippen LogP contribution in [0.5, 0.6) is 11.5 Å². The molecular weight excluding hydrogens is 337 g/mol. The first-order chi connectivity index (χ1) is 12.7. The summed E-state index contributed by atoms with van der Waals surface area (Å²) < 4.78 is 29.5. The Morgan fingerprint density at radius 2 is 1.77 bits per heavy atom. The van der Waals surface area contributed by atoms with Crippen LogP contribution in [0.2, 0.25) is 0 Å². The molecule has 5 nitrogen and oxygen atoms in total. The number of ether oxygens (including phenoxy) is 3. The van der Waals surface area contributed by atoms with Crippen LogP contribution in [-0.2, 0) is 10.2 Å². The van der Waals surface area contributed by atoms with E-state index < -0.39 is 0 Å². The Morgan fingerprint density at radius 3 is 2.54 bits per heavy atom. The second-order valence-corrected chi connectivity index (χ2v) is 6.65. The molecule has 2 aliphatic rings. The van der Waals surface area contributed by atoms with Gasteiger partial charge in [0.1, 0.15) is 5.82 Å². The molecule has 2 heterocycles. The highest BCUT2D eigenvalue weighted by Gasteiger charge is 2.36. The lowest BCUT2D eigenvalue weighted by molar-refractivity contribution is 0.0486. The van der Waals surface area contributed by atoms with Gasteiger partial charge < -0.3 is 19.5 Å². The largest absolute Gasteiger partial charge is 0.454 e.